The van der Waals surface area contributed by atoms with Crippen molar-refractivity contribution in [3.05, 3.63) is 81.7 Å². The highest BCUT2D eigenvalue weighted by atomic mass is 32.1. The van der Waals surface area contributed by atoms with Crippen molar-refractivity contribution >= 4 is 21.6 Å². The quantitative estimate of drug-likeness (QED) is 0.501. The maximum absolute atomic E-state index is 13.1. The molecule has 0 saturated carbocycles. The monoisotopic (exact) mass is 376 g/mol. The molecule has 0 amide bonds. The van der Waals surface area contributed by atoms with Crippen LogP contribution in [0.25, 0.3) is 21.3 Å². The van der Waals surface area contributed by atoms with Crippen LogP contribution in [0.15, 0.2) is 65.7 Å². The standard InChI is InChI=1S/C22H20N2O2S/c1-15-8-10-17(11-9-15)19-16(2)27-21-20(19)22(25)24(14-23-21)12-13-26-18-6-4-3-5-7-18/h3-11,14H,12-13H2,1-2H3. The van der Waals surface area contributed by atoms with E-state index in [0.717, 1.165) is 26.6 Å². The van der Waals surface area contributed by atoms with E-state index in [1.807, 2.05) is 37.3 Å². The first-order valence-corrected chi connectivity index (χ1v) is 9.68. The largest absolute Gasteiger partial charge is 0.492 e. The van der Waals surface area contributed by atoms with Gasteiger partial charge in [-0.1, -0.05) is 48.0 Å². The van der Waals surface area contributed by atoms with Gasteiger partial charge in [-0.05, 0) is 31.5 Å². The molecule has 0 saturated heterocycles. The molecule has 0 aliphatic carbocycles. The van der Waals surface area contributed by atoms with Crippen LogP contribution in [0.4, 0.5) is 0 Å². The molecule has 27 heavy (non-hydrogen) atoms. The zero-order chi connectivity index (χ0) is 18.8. The Morgan fingerprint density at radius 1 is 1.04 bits per heavy atom. The summed E-state index contributed by atoms with van der Waals surface area (Å²) in [4.78, 5) is 19.5. The van der Waals surface area contributed by atoms with Crippen molar-refractivity contribution in [1.82, 2.24) is 9.55 Å². The third-order valence-electron chi connectivity index (χ3n) is 4.54. The fourth-order valence-electron chi connectivity index (χ4n) is 3.14. The van der Waals surface area contributed by atoms with Crippen LogP contribution in [-0.2, 0) is 6.54 Å². The summed E-state index contributed by atoms with van der Waals surface area (Å²) in [6, 6.07) is 17.9. The van der Waals surface area contributed by atoms with Crippen molar-refractivity contribution in [2.24, 2.45) is 0 Å². The number of ether oxygens (including phenoxy) is 1. The van der Waals surface area contributed by atoms with Crippen molar-refractivity contribution < 1.29 is 4.74 Å². The van der Waals surface area contributed by atoms with E-state index in [1.165, 1.54) is 5.56 Å². The van der Waals surface area contributed by atoms with Gasteiger partial charge in [0.2, 0.25) is 0 Å². The Morgan fingerprint density at radius 3 is 2.52 bits per heavy atom. The van der Waals surface area contributed by atoms with Crippen molar-refractivity contribution in [2.75, 3.05) is 6.61 Å². The van der Waals surface area contributed by atoms with Crippen LogP contribution in [0.5, 0.6) is 5.75 Å². The summed E-state index contributed by atoms with van der Waals surface area (Å²) in [5.74, 6) is 0.798. The summed E-state index contributed by atoms with van der Waals surface area (Å²) in [5, 5.41) is 0.698. The second-order valence-electron chi connectivity index (χ2n) is 6.48. The molecule has 0 radical (unpaired) electrons. The molecule has 4 aromatic rings. The molecule has 4 nitrogen and oxygen atoms in total. The molecular weight excluding hydrogens is 356 g/mol. The smallest absolute Gasteiger partial charge is 0.262 e. The molecule has 0 spiro atoms. The van der Waals surface area contributed by atoms with E-state index in [2.05, 4.69) is 36.2 Å². The van der Waals surface area contributed by atoms with Gasteiger partial charge in [0, 0.05) is 10.4 Å². The average molecular weight is 376 g/mol. The van der Waals surface area contributed by atoms with Gasteiger partial charge < -0.3 is 4.74 Å². The van der Waals surface area contributed by atoms with Crippen molar-refractivity contribution in [3.63, 3.8) is 0 Å². The summed E-state index contributed by atoms with van der Waals surface area (Å²) in [6.45, 7) is 4.98. The lowest BCUT2D eigenvalue weighted by Gasteiger charge is -2.08. The number of para-hydroxylation sites is 1. The van der Waals surface area contributed by atoms with Gasteiger partial charge in [-0.2, -0.15) is 0 Å². The first kappa shape index (κ1) is 17.5. The Morgan fingerprint density at radius 2 is 1.78 bits per heavy atom. The molecular formula is C22H20N2O2S. The van der Waals surface area contributed by atoms with E-state index in [0.29, 0.717) is 18.5 Å². The number of fused-ring (bicyclic) bond motifs is 1. The zero-order valence-corrected chi connectivity index (χ0v) is 16.1. The molecule has 136 valence electrons. The van der Waals surface area contributed by atoms with Crippen LogP contribution in [-0.4, -0.2) is 16.2 Å². The predicted octanol–water partition coefficient (Wildman–Crippen LogP) is 4.82. The highest BCUT2D eigenvalue weighted by molar-refractivity contribution is 7.19. The number of nitrogens with zero attached hydrogens (tertiary/aromatic N) is 2. The second-order valence-corrected chi connectivity index (χ2v) is 7.69. The average Bonchev–Trinajstić information content (AvgIpc) is 3.02. The van der Waals surface area contributed by atoms with Crippen molar-refractivity contribution in [3.8, 4) is 16.9 Å². The van der Waals surface area contributed by atoms with Crippen molar-refractivity contribution in [2.45, 2.75) is 20.4 Å². The van der Waals surface area contributed by atoms with Crippen LogP contribution < -0.4 is 10.3 Å². The minimum atomic E-state index is -0.0170. The number of thiophene rings is 1. The number of rotatable bonds is 5. The predicted molar refractivity (Wildman–Crippen MR) is 111 cm³/mol. The molecule has 2 aromatic heterocycles. The van der Waals surface area contributed by atoms with E-state index in [-0.39, 0.29) is 5.56 Å². The molecule has 0 bridgehead atoms. The number of benzene rings is 2. The van der Waals surface area contributed by atoms with E-state index < -0.39 is 0 Å². The number of hydrogen-bond donors (Lipinski definition) is 0. The Hall–Kier alpha value is -2.92. The molecule has 4 rings (SSSR count). The fraction of sp³-hybridized carbons (Fsp3) is 0.182. The highest BCUT2D eigenvalue weighted by Gasteiger charge is 2.16. The molecule has 0 aliphatic rings. The fourth-order valence-corrected chi connectivity index (χ4v) is 4.15. The van der Waals surface area contributed by atoms with Gasteiger partial charge in [0.25, 0.3) is 5.56 Å². The highest BCUT2D eigenvalue weighted by Crippen LogP contribution is 2.35. The van der Waals surface area contributed by atoms with Gasteiger partial charge in [-0.3, -0.25) is 9.36 Å². The maximum atomic E-state index is 13.1. The Bertz CT molecular complexity index is 1130. The number of hydrogen-bond acceptors (Lipinski definition) is 4. The lowest BCUT2D eigenvalue weighted by Crippen LogP contribution is -2.23. The molecule has 0 N–H and O–H groups in total. The number of aromatic nitrogens is 2. The van der Waals surface area contributed by atoms with Gasteiger partial charge in [-0.25, -0.2) is 4.98 Å². The van der Waals surface area contributed by atoms with Crippen LogP contribution >= 0.6 is 11.3 Å². The Labute approximate surface area is 161 Å². The lowest BCUT2D eigenvalue weighted by molar-refractivity contribution is 0.296. The molecule has 0 fully saturated rings. The van der Waals surface area contributed by atoms with Gasteiger partial charge in [0.15, 0.2) is 0 Å². The molecule has 5 heteroatoms. The van der Waals surface area contributed by atoms with Gasteiger partial charge >= 0.3 is 0 Å². The number of aryl methyl sites for hydroxylation is 2. The van der Waals surface area contributed by atoms with E-state index >= 15 is 0 Å². The third-order valence-corrected chi connectivity index (χ3v) is 5.55. The summed E-state index contributed by atoms with van der Waals surface area (Å²) in [6.07, 6.45) is 1.62. The summed E-state index contributed by atoms with van der Waals surface area (Å²) in [7, 11) is 0. The van der Waals surface area contributed by atoms with Gasteiger partial charge in [-0.15, -0.1) is 11.3 Å². The molecule has 2 aromatic carbocycles. The van der Waals surface area contributed by atoms with E-state index in [4.69, 9.17) is 4.74 Å². The Kier molecular flexibility index (Phi) is 4.77. The molecule has 0 atom stereocenters. The summed E-state index contributed by atoms with van der Waals surface area (Å²) < 4.78 is 7.36. The van der Waals surface area contributed by atoms with Gasteiger partial charge in [0.05, 0.1) is 18.3 Å². The summed E-state index contributed by atoms with van der Waals surface area (Å²) in [5.41, 5.74) is 3.23. The second kappa shape index (κ2) is 7.37. The summed E-state index contributed by atoms with van der Waals surface area (Å²) >= 11 is 1.57. The minimum absolute atomic E-state index is 0.0170. The van der Waals surface area contributed by atoms with Crippen LogP contribution in [0.3, 0.4) is 0 Å². The SMILES string of the molecule is Cc1ccc(-c2c(C)sc3ncn(CCOc4ccccc4)c(=O)c23)cc1. The van der Waals surface area contributed by atoms with Gasteiger partial charge in [0.1, 0.15) is 17.2 Å². The molecule has 0 aliphatic heterocycles. The zero-order valence-electron chi connectivity index (χ0n) is 15.3. The van der Waals surface area contributed by atoms with Crippen LogP contribution in [0.1, 0.15) is 10.4 Å². The Balaban J connectivity index is 1.67. The maximum Gasteiger partial charge on any atom is 0.262 e. The van der Waals surface area contributed by atoms with Crippen LogP contribution in [0.2, 0.25) is 0 Å². The van der Waals surface area contributed by atoms with Crippen LogP contribution in [0, 0.1) is 13.8 Å². The molecule has 2 heterocycles. The normalized spacial score (nSPS) is 11.0. The van der Waals surface area contributed by atoms with Crippen molar-refractivity contribution in [1.29, 1.82) is 0 Å². The lowest BCUT2D eigenvalue weighted by atomic mass is 10.0. The molecule has 0 unspecified atom stereocenters. The first-order valence-electron chi connectivity index (χ1n) is 8.87. The topological polar surface area (TPSA) is 44.1 Å². The first-order chi connectivity index (χ1) is 13.1. The minimum Gasteiger partial charge on any atom is -0.492 e. The van der Waals surface area contributed by atoms with E-state index in [9.17, 15) is 4.79 Å². The third kappa shape index (κ3) is 3.51. The van der Waals surface area contributed by atoms with E-state index in [1.54, 1.807) is 22.2 Å².